The predicted octanol–water partition coefficient (Wildman–Crippen LogP) is 3.11. The van der Waals surface area contributed by atoms with Crippen LogP contribution in [-0.4, -0.2) is 34.2 Å². The first kappa shape index (κ1) is 21.6. The summed E-state index contributed by atoms with van der Waals surface area (Å²) >= 11 is 2.97. The fourth-order valence-corrected chi connectivity index (χ4v) is 4.28. The van der Waals surface area contributed by atoms with Gasteiger partial charge in [0.25, 0.3) is 17.7 Å². The van der Waals surface area contributed by atoms with Gasteiger partial charge in [-0.3, -0.25) is 25.2 Å². The minimum atomic E-state index is -0.527. The standard InChI is InChI=1S/C22H19N5O3S2/c28-19(11-23-20(29)16-9-10-31-13-16)26-27-21(30)15-7-5-14(6-8-15)12-32-22-24-17-3-1-2-4-18(17)25-22/h1-10,13H,11-12H2,(H,23,29)(H,24,25)(H,26,28)(H,27,30). The van der Waals surface area contributed by atoms with Gasteiger partial charge in [-0.05, 0) is 41.3 Å². The molecule has 32 heavy (non-hydrogen) atoms. The van der Waals surface area contributed by atoms with Crippen molar-refractivity contribution in [1.29, 1.82) is 0 Å². The Morgan fingerprint density at radius 1 is 0.938 bits per heavy atom. The summed E-state index contributed by atoms with van der Waals surface area (Å²) in [6, 6.07) is 16.6. The number of carbonyl (C=O) groups is 3. The Morgan fingerprint density at radius 3 is 2.50 bits per heavy atom. The van der Waals surface area contributed by atoms with E-state index in [1.165, 1.54) is 11.3 Å². The number of nitrogens with one attached hydrogen (secondary N) is 4. The molecular weight excluding hydrogens is 446 g/mol. The zero-order valence-corrected chi connectivity index (χ0v) is 18.4. The number of nitrogens with zero attached hydrogens (tertiary/aromatic N) is 1. The van der Waals surface area contributed by atoms with Crippen LogP contribution in [0.15, 0.2) is 70.5 Å². The van der Waals surface area contributed by atoms with Gasteiger partial charge in [-0.15, -0.1) is 0 Å². The largest absolute Gasteiger partial charge is 0.343 e. The molecule has 0 aliphatic carbocycles. The molecule has 3 amide bonds. The third kappa shape index (κ3) is 5.54. The van der Waals surface area contributed by atoms with Crippen LogP contribution in [0.4, 0.5) is 0 Å². The van der Waals surface area contributed by atoms with E-state index in [2.05, 4.69) is 26.1 Å². The quantitative estimate of drug-likeness (QED) is 0.247. The van der Waals surface area contributed by atoms with Crippen LogP contribution >= 0.6 is 23.1 Å². The second-order valence-corrected chi connectivity index (χ2v) is 8.49. The highest BCUT2D eigenvalue weighted by Crippen LogP contribution is 2.23. The molecule has 0 fully saturated rings. The maximum Gasteiger partial charge on any atom is 0.269 e. The monoisotopic (exact) mass is 465 g/mol. The number of hydrazine groups is 1. The molecule has 2 heterocycles. The molecular formula is C22H19N5O3S2. The van der Waals surface area contributed by atoms with Crippen molar-refractivity contribution in [2.75, 3.05) is 6.54 Å². The summed E-state index contributed by atoms with van der Waals surface area (Å²) in [7, 11) is 0. The highest BCUT2D eigenvalue weighted by molar-refractivity contribution is 7.98. The predicted molar refractivity (Wildman–Crippen MR) is 124 cm³/mol. The Kier molecular flexibility index (Phi) is 6.83. The Bertz CT molecular complexity index is 1200. The molecule has 0 aliphatic heterocycles. The summed E-state index contributed by atoms with van der Waals surface area (Å²) in [5.41, 5.74) is 8.48. The SMILES string of the molecule is O=C(CNC(=O)c1ccsc1)NNC(=O)c1ccc(CSc2nc3ccccc3[nH]2)cc1. The maximum atomic E-state index is 12.2. The fourth-order valence-electron chi connectivity index (χ4n) is 2.80. The van der Waals surface area contributed by atoms with Crippen molar-refractivity contribution in [2.24, 2.45) is 0 Å². The molecule has 4 aromatic rings. The summed E-state index contributed by atoms with van der Waals surface area (Å²) in [6.45, 7) is -0.243. The zero-order chi connectivity index (χ0) is 22.3. The van der Waals surface area contributed by atoms with Crippen LogP contribution in [-0.2, 0) is 10.5 Å². The number of aromatic nitrogens is 2. The fraction of sp³-hybridized carbons (Fsp3) is 0.0909. The smallest absolute Gasteiger partial charge is 0.269 e. The van der Waals surface area contributed by atoms with E-state index in [-0.39, 0.29) is 12.5 Å². The van der Waals surface area contributed by atoms with Crippen LogP contribution in [0, 0.1) is 0 Å². The first-order valence-electron chi connectivity index (χ1n) is 9.64. The summed E-state index contributed by atoms with van der Waals surface area (Å²) in [4.78, 5) is 43.7. The lowest BCUT2D eigenvalue weighted by atomic mass is 10.1. The van der Waals surface area contributed by atoms with Crippen LogP contribution < -0.4 is 16.2 Å². The molecule has 10 heteroatoms. The minimum absolute atomic E-state index is 0.243. The van der Waals surface area contributed by atoms with Crippen LogP contribution in [0.25, 0.3) is 11.0 Å². The van der Waals surface area contributed by atoms with Gasteiger partial charge in [0.1, 0.15) is 0 Å². The van der Waals surface area contributed by atoms with Gasteiger partial charge in [-0.25, -0.2) is 4.98 Å². The van der Waals surface area contributed by atoms with Gasteiger partial charge in [0, 0.05) is 22.3 Å². The number of aromatic amines is 1. The van der Waals surface area contributed by atoms with Gasteiger partial charge in [0.2, 0.25) is 0 Å². The van der Waals surface area contributed by atoms with Gasteiger partial charge in [0.05, 0.1) is 17.6 Å². The summed E-state index contributed by atoms with van der Waals surface area (Å²) < 4.78 is 0. The normalized spacial score (nSPS) is 10.6. The molecule has 0 aliphatic rings. The van der Waals surface area contributed by atoms with Crippen molar-refractivity contribution in [3.63, 3.8) is 0 Å². The van der Waals surface area contributed by atoms with E-state index < -0.39 is 11.8 Å². The van der Waals surface area contributed by atoms with Crippen molar-refractivity contribution in [3.8, 4) is 0 Å². The van der Waals surface area contributed by atoms with E-state index in [1.54, 1.807) is 40.7 Å². The minimum Gasteiger partial charge on any atom is -0.343 e. The van der Waals surface area contributed by atoms with Crippen molar-refractivity contribution in [2.45, 2.75) is 10.9 Å². The number of hydrogen-bond acceptors (Lipinski definition) is 6. The van der Waals surface area contributed by atoms with E-state index in [4.69, 9.17) is 0 Å². The Morgan fingerprint density at radius 2 is 1.75 bits per heavy atom. The van der Waals surface area contributed by atoms with Gasteiger partial charge >= 0.3 is 0 Å². The maximum absolute atomic E-state index is 12.2. The average Bonchev–Trinajstić information content (AvgIpc) is 3.50. The number of thiophene rings is 1. The lowest BCUT2D eigenvalue weighted by molar-refractivity contribution is -0.120. The van der Waals surface area contributed by atoms with Gasteiger partial charge in [-0.1, -0.05) is 36.0 Å². The van der Waals surface area contributed by atoms with Crippen molar-refractivity contribution >= 4 is 51.9 Å². The average molecular weight is 466 g/mol. The van der Waals surface area contributed by atoms with Gasteiger partial charge in [0.15, 0.2) is 5.16 Å². The van der Waals surface area contributed by atoms with Crippen molar-refractivity contribution < 1.29 is 14.4 Å². The van der Waals surface area contributed by atoms with E-state index >= 15 is 0 Å². The molecule has 2 aromatic heterocycles. The summed E-state index contributed by atoms with van der Waals surface area (Å²) in [6.07, 6.45) is 0. The van der Waals surface area contributed by atoms with Crippen LogP contribution in [0.2, 0.25) is 0 Å². The molecule has 0 bridgehead atoms. The summed E-state index contributed by atoms with van der Waals surface area (Å²) in [5.74, 6) is -0.619. The van der Waals surface area contributed by atoms with E-state index in [1.807, 2.05) is 36.4 Å². The Hall–Kier alpha value is -3.63. The van der Waals surface area contributed by atoms with Crippen molar-refractivity contribution in [3.05, 3.63) is 82.0 Å². The topological polar surface area (TPSA) is 116 Å². The molecule has 4 N–H and O–H groups in total. The number of amides is 3. The lowest BCUT2D eigenvalue weighted by Crippen LogP contribution is -2.46. The number of para-hydroxylation sites is 2. The molecule has 0 saturated heterocycles. The molecule has 162 valence electrons. The number of benzene rings is 2. The molecule has 0 radical (unpaired) electrons. The van der Waals surface area contributed by atoms with Crippen LogP contribution in [0.5, 0.6) is 0 Å². The zero-order valence-electron chi connectivity index (χ0n) is 16.8. The number of fused-ring (bicyclic) bond motifs is 1. The number of hydrogen-bond donors (Lipinski definition) is 4. The molecule has 4 rings (SSSR count). The molecule has 0 unspecified atom stereocenters. The highest BCUT2D eigenvalue weighted by atomic mass is 32.2. The first-order valence-corrected chi connectivity index (χ1v) is 11.6. The second-order valence-electron chi connectivity index (χ2n) is 6.74. The highest BCUT2D eigenvalue weighted by Gasteiger charge is 2.10. The molecule has 8 nitrogen and oxygen atoms in total. The van der Waals surface area contributed by atoms with Crippen LogP contribution in [0.3, 0.4) is 0 Å². The number of imidazole rings is 1. The molecule has 0 saturated carbocycles. The number of H-pyrrole nitrogens is 1. The first-order chi connectivity index (χ1) is 15.6. The van der Waals surface area contributed by atoms with Crippen molar-refractivity contribution in [1.82, 2.24) is 26.1 Å². The van der Waals surface area contributed by atoms with Gasteiger partial charge < -0.3 is 10.3 Å². The Balaban J connectivity index is 1.22. The van der Waals surface area contributed by atoms with E-state index in [0.29, 0.717) is 16.9 Å². The molecule has 0 atom stereocenters. The van der Waals surface area contributed by atoms with E-state index in [0.717, 1.165) is 21.8 Å². The van der Waals surface area contributed by atoms with Crippen LogP contribution in [0.1, 0.15) is 26.3 Å². The summed E-state index contributed by atoms with van der Waals surface area (Å²) in [5, 5.41) is 6.79. The number of carbonyl (C=O) groups excluding carboxylic acids is 3. The van der Waals surface area contributed by atoms with E-state index in [9.17, 15) is 14.4 Å². The second kappa shape index (κ2) is 10.1. The molecule has 2 aromatic carbocycles. The van der Waals surface area contributed by atoms with Gasteiger partial charge in [-0.2, -0.15) is 11.3 Å². The Labute approximate surface area is 191 Å². The number of rotatable bonds is 7. The molecule has 0 spiro atoms. The number of thioether (sulfide) groups is 1. The third-order valence-electron chi connectivity index (χ3n) is 4.47. The third-order valence-corrected chi connectivity index (χ3v) is 6.10. The lowest BCUT2D eigenvalue weighted by Gasteiger charge is -2.08.